The van der Waals surface area contributed by atoms with Crippen LogP contribution in [0.15, 0.2) is 54.6 Å². The molecule has 0 aliphatic carbocycles. The van der Waals surface area contributed by atoms with Gasteiger partial charge in [0.15, 0.2) is 0 Å². The quantitative estimate of drug-likeness (QED) is 0.350. The van der Waals surface area contributed by atoms with E-state index in [-0.39, 0.29) is 5.97 Å². The van der Waals surface area contributed by atoms with Crippen molar-refractivity contribution in [3.05, 3.63) is 65.7 Å². The van der Waals surface area contributed by atoms with Crippen LogP contribution in [0.4, 0.5) is 0 Å². The Bertz CT molecular complexity index is 786. The lowest BCUT2D eigenvalue weighted by Crippen LogP contribution is -2.01. The van der Waals surface area contributed by atoms with Crippen molar-refractivity contribution < 1.29 is 23.9 Å². The van der Waals surface area contributed by atoms with Crippen molar-refractivity contribution in [2.24, 2.45) is 0 Å². The Balaban J connectivity index is 2.08. The van der Waals surface area contributed by atoms with Gasteiger partial charge < -0.3 is 9.47 Å². The highest BCUT2D eigenvalue weighted by Gasteiger charge is 2.03. The minimum atomic E-state index is -0.392. The van der Waals surface area contributed by atoms with Crippen molar-refractivity contribution in [1.29, 1.82) is 0 Å². The molecular weight excluding hydrogens is 320 g/mol. The van der Waals surface area contributed by atoms with E-state index in [1.165, 1.54) is 13.8 Å². The molecule has 5 heteroatoms. The number of hydrogen-bond donors (Lipinski definition) is 0. The highest BCUT2D eigenvalue weighted by molar-refractivity contribution is 6.06. The third kappa shape index (κ3) is 5.73. The molecule has 0 radical (unpaired) electrons. The lowest BCUT2D eigenvalue weighted by Gasteiger charge is -2.05. The number of hydrogen-bond acceptors (Lipinski definition) is 5. The number of ether oxygens (including phenoxy) is 2. The summed E-state index contributed by atoms with van der Waals surface area (Å²) in [7, 11) is 0. The van der Waals surface area contributed by atoms with Gasteiger partial charge in [0.05, 0.1) is 0 Å². The molecule has 0 bridgehead atoms. The number of carbonyl (C=O) groups is 3. The monoisotopic (exact) mass is 338 g/mol. The first kappa shape index (κ1) is 18.1. The lowest BCUT2D eigenvalue weighted by atomic mass is 10.0. The number of allylic oxidation sites excluding steroid dienone is 2. The third-order valence-electron chi connectivity index (χ3n) is 3.32. The Morgan fingerprint density at radius 2 is 1.32 bits per heavy atom. The van der Waals surface area contributed by atoms with Crippen LogP contribution >= 0.6 is 0 Å². The number of carbonyl (C=O) groups excluding carboxylic acids is 3. The van der Waals surface area contributed by atoms with E-state index in [0.29, 0.717) is 23.5 Å². The molecule has 0 aromatic heterocycles. The number of rotatable bonds is 6. The summed E-state index contributed by atoms with van der Waals surface area (Å²) in [5, 5.41) is 0. The highest BCUT2D eigenvalue weighted by Crippen LogP contribution is 2.19. The first-order valence-electron chi connectivity index (χ1n) is 7.69. The fourth-order valence-electron chi connectivity index (χ4n) is 2.20. The fraction of sp³-hybridized carbons (Fsp3) is 0.150. The number of aldehydes is 1. The van der Waals surface area contributed by atoms with Crippen molar-refractivity contribution in [2.45, 2.75) is 20.3 Å². The molecule has 0 aliphatic heterocycles. The predicted molar refractivity (Wildman–Crippen MR) is 93.2 cm³/mol. The molecule has 0 aliphatic rings. The van der Waals surface area contributed by atoms with Crippen LogP contribution in [0.2, 0.25) is 0 Å². The topological polar surface area (TPSA) is 69.7 Å². The van der Waals surface area contributed by atoms with Gasteiger partial charge in [0.25, 0.3) is 0 Å². The van der Waals surface area contributed by atoms with E-state index in [1.54, 1.807) is 36.4 Å². The molecular formula is C20H18O5. The SMILES string of the molecule is CC(=O)Oc1ccc(C/C=C(/C=O)c2ccc(OC(C)=O)cc2)cc1. The van der Waals surface area contributed by atoms with Gasteiger partial charge in [0.1, 0.15) is 17.8 Å². The van der Waals surface area contributed by atoms with Crippen molar-refractivity contribution in [3.63, 3.8) is 0 Å². The highest BCUT2D eigenvalue weighted by atomic mass is 16.5. The molecule has 0 amide bonds. The molecule has 0 spiro atoms. The predicted octanol–water partition coefficient (Wildman–Crippen LogP) is 3.36. The second-order valence-corrected chi connectivity index (χ2v) is 5.34. The Labute approximate surface area is 145 Å². The third-order valence-corrected chi connectivity index (χ3v) is 3.32. The maximum absolute atomic E-state index is 11.4. The van der Waals surface area contributed by atoms with E-state index in [1.807, 2.05) is 18.2 Å². The zero-order valence-electron chi connectivity index (χ0n) is 14.0. The molecule has 2 aromatic rings. The minimum absolute atomic E-state index is 0.368. The van der Waals surface area contributed by atoms with Crippen molar-refractivity contribution in [3.8, 4) is 11.5 Å². The van der Waals surface area contributed by atoms with Crippen LogP contribution in [-0.2, 0) is 20.8 Å². The van der Waals surface area contributed by atoms with Gasteiger partial charge >= 0.3 is 11.9 Å². The second-order valence-electron chi connectivity index (χ2n) is 5.34. The first-order chi connectivity index (χ1) is 12.0. The summed E-state index contributed by atoms with van der Waals surface area (Å²) in [6.45, 7) is 2.68. The minimum Gasteiger partial charge on any atom is -0.427 e. The van der Waals surface area contributed by atoms with Gasteiger partial charge in [-0.05, 0) is 41.8 Å². The Kier molecular flexibility index (Phi) is 6.23. The van der Waals surface area contributed by atoms with Gasteiger partial charge in [-0.1, -0.05) is 30.3 Å². The molecule has 0 N–H and O–H groups in total. The van der Waals surface area contributed by atoms with Gasteiger partial charge in [-0.25, -0.2) is 0 Å². The molecule has 0 saturated heterocycles. The molecule has 25 heavy (non-hydrogen) atoms. The summed E-state index contributed by atoms with van der Waals surface area (Å²) >= 11 is 0. The van der Waals surface area contributed by atoms with Crippen LogP contribution in [-0.4, -0.2) is 18.2 Å². The van der Waals surface area contributed by atoms with Gasteiger partial charge in [0.2, 0.25) is 0 Å². The van der Waals surface area contributed by atoms with E-state index >= 15 is 0 Å². The van der Waals surface area contributed by atoms with Crippen LogP contribution in [0.1, 0.15) is 25.0 Å². The zero-order valence-corrected chi connectivity index (χ0v) is 14.0. The Morgan fingerprint density at radius 3 is 1.76 bits per heavy atom. The van der Waals surface area contributed by atoms with Gasteiger partial charge in [-0.2, -0.15) is 0 Å². The summed E-state index contributed by atoms with van der Waals surface area (Å²) in [4.78, 5) is 33.2. The fourth-order valence-corrected chi connectivity index (χ4v) is 2.20. The maximum Gasteiger partial charge on any atom is 0.308 e. The zero-order chi connectivity index (χ0) is 18.2. The maximum atomic E-state index is 11.4. The summed E-state index contributed by atoms with van der Waals surface area (Å²) in [5.41, 5.74) is 2.26. The molecule has 2 aromatic carbocycles. The van der Waals surface area contributed by atoms with Crippen LogP contribution in [0.3, 0.4) is 0 Å². The second kappa shape index (κ2) is 8.59. The standard InChI is InChI=1S/C20H18O5/c1-14(22)24-19-9-4-16(5-10-19)3-6-18(13-21)17-7-11-20(12-8-17)25-15(2)23/h4-13H,3H2,1-2H3/b18-6-. The largest absolute Gasteiger partial charge is 0.427 e. The smallest absolute Gasteiger partial charge is 0.308 e. The summed E-state index contributed by atoms with van der Waals surface area (Å²) in [6, 6.07) is 13.8. The van der Waals surface area contributed by atoms with E-state index < -0.39 is 5.97 Å². The lowest BCUT2D eigenvalue weighted by molar-refractivity contribution is -0.132. The Hall–Kier alpha value is -3.21. The van der Waals surface area contributed by atoms with Gasteiger partial charge in [-0.15, -0.1) is 0 Å². The molecule has 0 heterocycles. The van der Waals surface area contributed by atoms with Crippen LogP contribution in [0, 0.1) is 0 Å². The summed E-state index contributed by atoms with van der Waals surface area (Å²) < 4.78 is 9.95. The molecule has 0 unspecified atom stereocenters. The van der Waals surface area contributed by atoms with Crippen molar-refractivity contribution in [1.82, 2.24) is 0 Å². The average molecular weight is 338 g/mol. The molecule has 0 atom stereocenters. The molecule has 2 rings (SSSR count). The Morgan fingerprint density at radius 1 is 0.840 bits per heavy atom. The van der Waals surface area contributed by atoms with Crippen LogP contribution in [0.5, 0.6) is 11.5 Å². The summed E-state index contributed by atoms with van der Waals surface area (Å²) in [6.07, 6.45) is 3.16. The van der Waals surface area contributed by atoms with Gasteiger partial charge in [-0.3, -0.25) is 14.4 Å². The normalized spacial score (nSPS) is 10.9. The van der Waals surface area contributed by atoms with E-state index in [4.69, 9.17) is 9.47 Å². The summed E-state index contributed by atoms with van der Waals surface area (Å²) in [5.74, 6) is 0.156. The van der Waals surface area contributed by atoms with Gasteiger partial charge in [0, 0.05) is 19.4 Å². The van der Waals surface area contributed by atoms with Crippen molar-refractivity contribution in [2.75, 3.05) is 0 Å². The molecule has 0 saturated carbocycles. The molecule has 5 nitrogen and oxygen atoms in total. The van der Waals surface area contributed by atoms with E-state index in [0.717, 1.165) is 17.4 Å². The van der Waals surface area contributed by atoms with E-state index in [9.17, 15) is 14.4 Å². The van der Waals surface area contributed by atoms with Crippen LogP contribution in [0.25, 0.3) is 5.57 Å². The van der Waals surface area contributed by atoms with Crippen LogP contribution < -0.4 is 9.47 Å². The molecule has 128 valence electrons. The number of esters is 2. The van der Waals surface area contributed by atoms with E-state index in [2.05, 4.69) is 0 Å². The number of benzene rings is 2. The first-order valence-corrected chi connectivity index (χ1v) is 7.69. The molecule has 0 fully saturated rings. The van der Waals surface area contributed by atoms with Crippen molar-refractivity contribution >= 4 is 23.8 Å². The average Bonchev–Trinajstić information content (AvgIpc) is 2.57.